The molecule has 1 atom stereocenters. The van der Waals surface area contributed by atoms with Gasteiger partial charge in [-0.2, -0.15) is 5.26 Å². The molecule has 0 N–H and O–H groups in total. The molecule has 0 unspecified atom stereocenters. The highest BCUT2D eigenvalue weighted by molar-refractivity contribution is 4.93. The van der Waals surface area contributed by atoms with E-state index >= 15 is 0 Å². The van der Waals surface area contributed by atoms with Crippen molar-refractivity contribution in [2.24, 2.45) is 16.7 Å². The molecule has 0 aliphatic carbocycles. The Morgan fingerprint density at radius 2 is 1.50 bits per heavy atom. The quantitative estimate of drug-likeness (QED) is 0.585. The summed E-state index contributed by atoms with van der Waals surface area (Å²) < 4.78 is 0. The molecule has 0 aromatic heterocycles. The van der Waals surface area contributed by atoms with Gasteiger partial charge in [0.2, 0.25) is 0 Å². The fraction of sp³-hybridized carbons (Fsp3) is 0.909. The highest BCUT2D eigenvalue weighted by atomic mass is 14.4. The van der Waals surface area contributed by atoms with Gasteiger partial charge in [0.15, 0.2) is 0 Å². The molecule has 12 heavy (non-hydrogen) atoms. The number of nitrogens with zero attached hydrogens (tertiary/aromatic N) is 1. The van der Waals surface area contributed by atoms with Crippen LogP contribution in [-0.2, 0) is 0 Å². The molecule has 0 fully saturated rings. The highest BCUT2D eigenvalue weighted by Gasteiger charge is 2.28. The molecule has 0 spiro atoms. The minimum atomic E-state index is 0.113. The van der Waals surface area contributed by atoms with Gasteiger partial charge in [-0.3, -0.25) is 0 Å². The minimum absolute atomic E-state index is 0.113. The molecule has 0 saturated heterocycles. The van der Waals surface area contributed by atoms with Crippen LogP contribution in [-0.4, -0.2) is 0 Å². The molecule has 0 aliphatic rings. The molecular formula is C11H21N. The van der Waals surface area contributed by atoms with Gasteiger partial charge in [0, 0.05) is 0 Å². The van der Waals surface area contributed by atoms with E-state index < -0.39 is 0 Å². The van der Waals surface area contributed by atoms with E-state index in [1.807, 2.05) is 0 Å². The van der Waals surface area contributed by atoms with Crippen molar-refractivity contribution < 1.29 is 0 Å². The Morgan fingerprint density at radius 3 is 1.58 bits per heavy atom. The molecule has 0 aromatic carbocycles. The zero-order chi connectivity index (χ0) is 9.99. The van der Waals surface area contributed by atoms with E-state index in [9.17, 15) is 0 Å². The number of rotatable bonds is 1. The van der Waals surface area contributed by atoms with Gasteiger partial charge in [-0.25, -0.2) is 0 Å². The molecule has 0 bridgehead atoms. The maximum Gasteiger partial charge on any atom is 0.0661 e. The standard InChI is InChI=1S/C11H21N/c1-10(2,3)7-9(8-12)11(4,5)6/h9H,7H2,1-6H3/t9-/m1/s1. The van der Waals surface area contributed by atoms with Crippen molar-refractivity contribution in [3.05, 3.63) is 0 Å². The van der Waals surface area contributed by atoms with Gasteiger partial charge in [-0.05, 0) is 17.3 Å². The van der Waals surface area contributed by atoms with Crippen LogP contribution < -0.4 is 0 Å². The summed E-state index contributed by atoms with van der Waals surface area (Å²) in [5.74, 6) is 0.164. The van der Waals surface area contributed by atoms with Crippen LogP contribution in [0.1, 0.15) is 48.0 Å². The fourth-order valence-electron chi connectivity index (χ4n) is 1.16. The van der Waals surface area contributed by atoms with Crippen LogP contribution in [0.4, 0.5) is 0 Å². The first kappa shape index (κ1) is 11.5. The van der Waals surface area contributed by atoms with E-state index in [-0.39, 0.29) is 16.7 Å². The molecule has 0 heterocycles. The number of hydrogen-bond donors (Lipinski definition) is 0. The molecule has 1 nitrogen and oxygen atoms in total. The first-order valence-corrected chi connectivity index (χ1v) is 4.56. The Balaban J connectivity index is 4.33. The normalized spacial score (nSPS) is 15.4. The van der Waals surface area contributed by atoms with Gasteiger partial charge in [0.25, 0.3) is 0 Å². The summed E-state index contributed by atoms with van der Waals surface area (Å²) in [6.45, 7) is 12.9. The van der Waals surface area contributed by atoms with E-state index in [1.165, 1.54) is 0 Å². The Hall–Kier alpha value is -0.510. The van der Waals surface area contributed by atoms with Gasteiger partial charge in [0.1, 0.15) is 0 Å². The Labute approximate surface area is 76.8 Å². The van der Waals surface area contributed by atoms with Crippen molar-refractivity contribution in [2.45, 2.75) is 48.0 Å². The Morgan fingerprint density at radius 1 is 1.08 bits per heavy atom. The third kappa shape index (κ3) is 4.38. The molecule has 0 radical (unpaired) electrons. The minimum Gasteiger partial charge on any atom is -0.198 e. The van der Waals surface area contributed by atoms with Crippen LogP contribution in [0.5, 0.6) is 0 Å². The average Bonchev–Trinajstić information content (AvgIpc) is 1.78. The summed E-state index contributed by atoms with van der Waals surface area (Å²) in [5, 5.41) is 8.97. The lowest BCUT2D eigenvalue weighted by Crippen LogP contribution is -2.24. The summed E-state index contributed by atoms with van der Waals surface area (Å²) in [6.07, 6.45) is 0.979. The molecule has 0 amide bonds. The second kappa shape index (κ2) is 3.47. The predicted molar refractivity (Wildman–Crippen MR) is 52.6 cm³/mol. The van der Waals surface area contributed by atoms with E-state index in [2.05, 4.69) is 47.6 Å². The molecule has 0 aromatic rings. The van der Waals surface area contributed by atoms with Crippen LogP contribution in [0.25, 0.3) is 0 Å². The summed E-state index contributed by atoms with van der Waals surface area (Å²) in [4.78, 5) is 0. The highest BCUT2D eigenvalue weighted by Crippen LogP contribution is 2.35. The van der Waals surface area contributed by atoms with Crippen LogP contribution in [0, 0.1) is 28.1 Å². The molecule has 1 heteroatoms. The van der Waals surface area contributed by atoms with Gasteiger partial charge in [-0.1, -0.05) is 41.5 Å². The summed E-state index contributed by atoms with van der Waals surface area (Å²) >= 11 is 0. The van der Waals surface area contributed by atoms with Gasteiger partial charge in [-0.15, -0.1) is 0 Å². The van der Waals surface area contributed by atoms with E-state index in [4.69, 9.17) is 5.26 Å². The lowest BCUT2D eigenvalue weighted by atomic mass is 9.73. The second-order valence-electron chi connectivity index (χ2n) is 5.81. The molecule has 0 saturated carbocycles. The van der Waals surface area contributed by atoms with Crippen molar-refractivity contribution in [1.82, 2.24) is 0 Å². The van der Waals surface area contributed by atoms with Crippen molar-refractivity contribution in [3.63, 3.8) is 0 Å². The topological polar surface area (TPSA) is 23.8 Å². The van der Waals surface area contributed by atoms with Crippen molar-refractivity contribution >= 4 is 0 Å². The second-order valence-corrected chi connectivity index (χ2v) is 5.81. The summed E-state index contributed by atoms with van der Waals surface area (Å²) in [6, 6.07) is 2.40. The smallest absolute Gasteiger partial charge is 0.0661 e. The van der Waals surface area contributed by atoms with Crippen molar-refractivity contribution in [1.29, 1.82) is 5.26 Å². The van der Waals surface area contributed by atoms with Crippen molar-refractivity contribution in [3.8, 4) is 6.07 Å². The van der Waals surface area contributed by atoms with Gasteiger partial charge < -0.3 is 0 Å². The maximum absolute atomic E-state index is 8.97. The number of nitriles is 1. The molecular weight excluding hydrogens is 146 g/mol. The summed E-state index contributed by atoms with van der Waals surface area (Å²) in [7, 11) is 0. The lowest BCUT2D eigenvalue weighted by Gasteiger charge is -2.30. The first-order valence-electron chi connectivity index (χ1n) is 4.56. The maximum atomic E-state index is 8.97. The zero-order valence-corrected chi connectivity index (χ0v) is 9.23. The van der Waals surface area contributed by atoms with Gasteiger partial charge in [0.05, 0.1) is 12.0 Å². The largest absolute Gasteiger partial charge is 0.198 e. The van der Waals surface area contributed by atoms with E-state index in [0.29, 0.717) is 0 Å². The van der Waals surface area contributed by atoms with Crippen molar-refractivity contribution in [2.75, 3.05) is 0 Å². The number of hydrogen-bond acceptors (Lipinski definition) is 1. The SMILES string of the molecule is CC(C)(C)C[C@H](C#N)C(C)(C)C. The van der Waals surface area contributed by atoms with Crippen LogP contribution >= 0.6 is 0 Å². The average molecular weight is 167 g/mol. The molecule has 70 valence electrons. The third-order valence-corrected chi connectivity index (χ3v) is 2.02. The van der Waals surface area contributed by atoms with Crippen LogP contribution in [0.3, 0.4) is 0 Å². The lowest BCUT2D eigenvalue weighted by molar-refractivity contribution is 0.213. The fourth-order valence-corrected chi connectivity index (χ4v) is 1.16. The van der Waals surface area contributed by atoms with Gasteiger partial charge >= 0.3 is 0 Å². The molecule has 0 aliphatic heterocycles. The van der Waals surface area contributed by atoms with Crippen LogP contribution in [0.2, 0.25) is 0 Å². The first-order chi connectivity index (χ1) is 5.17. The van der Waals surface area contributed by atoms with Crippen LogP contribution in [0.15, 0.2) is 0 Å². The third-order valence-electron chi connectivity index (χ3n) is 2.02. The van der Waals surface area contributed by atoms with E-state index in [0.717, 1.165) is 6.42 Å². The zero-order valence-electron chi connectivity index (χ0n) is 9.23. The predicted octanol–water partition coefficient (Wildman–Crippen LogP) is 3.61. The monoisotopic (exact) mass is 167 g/mol. The van der Waals surface area contributed by atoms with E-state index in [1.54, 1.807) is 0 Å². The Kier molecular flexibility index (Phi) is 3.33. The summed E-state index contributed by atoms with van der Waals surface area (Å²) in [5.41, 5.74) is 0.371. The molecule has 0 rings (SSSR count). The Bertz CT molecular complexity index is 173.